The Bertz CT molecular complexity index is 1190. The van der Waals surface area contributed by atoms with Gasteiger partial charge in [0.25, 0.3) is 6.47 Å². The van der Waals surface area contributed by atoms with Crippen molar-refractivity contribution in [1.29, 1.82) is 0 Å². The summed E-state index contributed by atoms with van der Waals surface area (Å²) < 4.78 is 44.9. The van der Waals surface area contributed by atoms with Crippen LogP contribution in [0.3, 0.4) is 0 Å². The van der Waals surface area contributed by atoms with Gasteiger partial charge in [0, 0.05) is 18.0 Å². The molecule has 0 aromatic heterocycles. The van der Waals surface area contributed by atoms with E-state index in [0.29, 0.717) is 28.5 Å². The normalized spacial score (nSPS) is 12.2. The van der Waals surface area contributed by atoms with Crippen molar-refractivity contribution >= 4 is 29.7 Å². The molecule has 0 atom stereocenters. The lowest BCUT2D eigenvalue weighted by Gasteiger charge is -2.15. The average Bonchev–Trinajstić information content (AvgIpc) is 2.86. The van der Waals surface area contributed by atoms with Crippen LogP contribution in [0.1, 0.15) is 37.5 Å². The third kappa shape index (κ3) is 8.39. The topological polar surface area (TPSA) is 61.7 Å². The van der Waals surface area contributed by atoms with Gasteiger partial charge in [-0.3, -0.25) is 14.5 Å². The highest BCUT2D eigenvalue weighted by Gasteiger charge is 2.34. The Hall–Kier alpha value is -3.36. The lowest BCUT2D eigenvalue weighted by Crippen LogP contribution is -2.13. The minimum Gasteiger partial charge on any atom is -0.483 e. The van der Waals surface area contributed by atoms with Crippen molar-refractivity contribution < 1.29 is 23.1 Å². The highest BCUT2D eigenvalue weighted by atomic mass is 32.2. The lowest BCUT2D eigenvalue weighted by molar-refractivity contribution is -0.137. The number of aliphatic imine (C=N–C) groups is 1. The molecule has 0 fully saturated rings. The third-order valence-electron chi connectivity index (χ3n) is 5.02. The fourth-order valence-corrected chi connectivity index (χ4v) is 3.98. The monoisotopic (exact) mass is 514 g/mol. The summed E-state index contributed by atoms with van der Waals surface area (Å²) in [6.45, 7) is 5.71. The molecular formula is C28H29F3N2O2S. The summed E-state index contributed by atoms with van der Waals surface area (Å²) in [5.41, 5.74) is 2.90. The van der Waals surface area contributed by atoms with Crippen molar-refractivity contribution in [2.24, 2.45) is 4.99 Å². The Kier molecular flexibility index (Phi) is 11.0. The first-order valence-electron chi connectivity index (χ1n) is 11.1. The van der Waals surface area contributed by atoms with E-state index in [2.05, 4.69) is 23.6 Å². The third-order valence-corrected chi connectivity index (χ3v) is 6.12. The maximum atomic E-state index is 13.9. The number of allylic oxidation sites excluding steroid dienone is 2. The van der Waals surface area contributed by atoms with Crippen LogP contribution in [-0.4, -0.2) is 30.4 Å². The molecule has 0 bridgehead atoms. The number of carbonyl (C=O) groups is 1. The summed E-state index contributed by atoms with van der Waals surface area (Å²) in [5, 5.41) is 6.89. The molecule has 0 aliphatic rings. The maximum Gasteiger partial charge on any atom is 0.417 e. The van der Waals surface area contributed by atoms with Crippen molar-refractivity contribution in [2.45, 2.75) is 37.9 Å². The van der Waals surface area contributed by atoms with E-state index in [9.17, 15) is 13.2 Å². The molecule has 0 radical (unpaired) electrons. The zero-order valence-electron chi connectivity index (χ0n) is 20.5. The second-order valence-corrected chi connectivity index (χ2v) is 8.98. The van der Waals surface area contributed by atoms with Crippen molar-refractivity contribution in [1.82, 2.24) is 4.72 Å². The number of alkyl halides is 3. The summed E-state index contributed by atoms with van der Waals surface area (Å²) >= 11 is 1.56. The first kappa shape index (κ1) is 28.9. The Morgan fingerprint density at radius 2 is 1.58 bits per heavy atom. The molecular weight excluding hydrogens is 485 g/mol. The molecule has 3 rings (SSSR count). The number of hydrogen-bond donors (Lipinski definition) is 2. The van der Waals surface area contributed by atoms with Crippen LogP contribution in [0.4, 0.5) is 13.2 Å². The van der Waals surface area contributed by atoms with E-state index in [-0.39, 0.29) is 12.0 Å². The number of halogens is 3. The van der Waals surface area contributed by atoms with Crippen LogP contribution in [-0.2, 0) is 11.0 Å². The number of carboxylic acid groups (broad SMARTS) is 1. The summed E-state index contributed by atoms with van der Waals surface area (Å²) in [5.74, 6) is 0. The second kappa shape index (κ2) is 13.7. The smallest absolute Gasteiger partial charge is 0.417 e. The molecule has 0 amide bonds. The standard InChI is InChI=1S/C27H27F3N2S.CH2O2/c1-18(2)32-33-23-13-10-21(11-14-23)26(31-4)16-19(3)22-12-15-24(20-8-6-5-7-9-20)25(17-22)27(28,29)30;2-1-3/h5-18,32H,1-4H3;1H,(H,2,3)/b19-16+,31-26?;. The summed E-state index contributed by atoms with van der Waals surface area (Å²) in [6.07, 6.45) is -2.63. The van der Waals surface area contributed by atoms with Gasteiger partial charge in [0.1, 0.15) is 0 Å². The highest BCUT2D eigenvalue weighted by molar-refractivity contribution is 7.97. The van der Waals surface area contributed by atoms with Gasteiger partial charge in [0.05, 0.1) is 11.3 Å². The molecule has 190 valence electrons. The van der Waals surface area contributed by atoms with Gasteiger partial charge in [0.2, 0.25) is 0 Å². The van der Waals surface area contributed by atoms with Crippen LogP contribution in [0.25, 0.3) is 16.7 Å². The van der Waals surface area contributed by atoms with Crippen LogP contribution in [0, 0.1) is 0 Å². The number of benzene rings is 3. The molecule has 0 aliphatic carbocycles. The van der Waals surface area contributed by atoms with E-state index >= 15 is 0 Å². The van der Waals surface area contributed by atoms with E-state index in [1.54, 1.807) is 68.4 Å². The van der Waals surface area contributed by atoms with Gasteiger partial charge in [-0.15, -0.1) is 0 Å². The van der Waals surface area contributed by atoms with Crippen molar-refractivity contribution in [3.05, 3.63) is 95.6 Å². The van der Waals surface area contributed by atoms with Gasteiger partial charge in [0.15, 0.2) is 0 Å². The zero-order chi connectivity index (χ0) is 26.7. The van der Waals surface area contributed by atoms with Gasteiger partial charge in [-0.1, -0.05) is 54.6 Å². The summed E-state index contributed by atoms with van der Waals surface area (Å²) in [7, 11) is 1.68. The highest BCUT2D eigenvalue weighted by Crippen LogP contribution is 2.38. The minimum absolute atomic E-state index is 0.173. The molecule has 36 heavy (non-hydrogen) atoms. The van der Waals surface area contributed by atoms with Gasteiger partial charge >= 0.3 is 6.18 Å². The van der Waals surface area contributed by atoms with Gasteiger partial charge < -0.3 is 5.11 Å². The van der Waals surface area contributed by atoms with Crippen LogP contribution < -0.4 is 4.72 Å². The number of nitrogens with one attached hydrogen (secondary N) is 1. The fourth-order valence-electron chi connectivity index (χ4n) is 3.34. The summed E-state index contributed by atoms with van der Waals surface area (Å²) in [6, 6.07) is 21.4. The Morgan fingerprint density at radius 1 is 1.00 bits per heavy atom. The second-order valence-electron chi connectivity index (χ2n) is 8.06. The fraction of sp³-hybridized carbons (Fsp3) is 0.214. The SMILES string of the molecule is CN=C(/C=C(\C)c1ccc(-c2ccccc2)c(C(F)(F)F)c1)c1ccc(SNC(C)C)cc1.O=CO. The van der Waals surface area contributed by atoms with Crippen LogP contribution in [0.5, 0.6) is 0 Å². The van der Waals surface area contributed by atoms with Crippen LogP contribution >= 0.6 is 11.9 Å². The first-order valence-corrected chi connectivity index (χ1v) is 11.9. The number of nitrogens with zero attached hydrogens (tertiary/aromatic N) is 1. The van der Waals surface area contributed by atoms with Crippen LogP contribution in [0.2, 0.25) is 0 Å². The summed E-state index contributed by atoms with van der Waals surface area (Å²) in [4.78, 5) is 13.8. The Labute approximate surface area is 214 Å². The predicted octanol–water partition coefficient (Wildman–Crippen LogP) is 7.60. The lowest BCUT2D eigenvalue weighted by atomic mass is 9.94. The van der Waals surface area contributed by atoms with E-state index in [0.717, 1.165) is 10.5 Å². The van der Waals surface area contributed by atoms with Gasteiger partial charge in [-0.05, 0) is 84.8 Å². The van der Waals surface area contributed by atoms with Crippen molar-refractivity contribution in [3.8, 4) is 11.1 Å². The molecule has 0 aliphatic heterocycles. The van der Waals surface area contributed by atoms with E-state index in [1.165, 1.54) is 6.07 Å². The first-order chi connectivity index (χ1) is 17.1. The molecule has 0 heterocycles. The minimum atomic E-state index is -4.46. The van der Waals surface area contributed by atoms with Gasteiger partial charge in [-0.2, -0.15) is 13.2 Å². The van der Waals surface area contributed by atoms with E-state index in [4.69, 9.17) is 9.90 Å². The molecule has 3 aromatic rings. The molecule has 0 unspecified atom stereocenters. The Balaban J connectivity index is 0.00000145. The van der Waals surface area contributed by atoms with Crippen molar-refractivity contribution in [3.63, 3.8) is 0 Å². The quantitative estimate of drug-likeness (QED) is 0.194. The van der Waals surface area contributed by atoms with Crippen molar-refractivity contribution in [2.75, 3.05) is 7.05 Å². The predicted molar refractivity (Wildman–Crippen MR) is 142 cm³/mol. The molecule has 3 aromatic carbocycles. The molecule has 2 N–H and O–H groups in total. The van der Waals surface area contributed by atoms with Crippen LogP contribution in [0.15, 0.2) is 88.8 Å². The molecule has 0 saturated carbocycles. The Morgan fingerprint density at radius 3 is 2.11 bits per heavy atom. The van der Waals surface area contributed by atoms with E-state index in [1.807, 2.05) is 30.3 Å². The average molecular weight is 515 g/mol. The molecule has 8 heteroatoms. The number of rotatable bonds is 7. The number of hydrogen-bond acceptors (Lipinski definition) is 4. The molecule has 0 saturated heterocycles. The zero-order valence-corrected chi connectivity index (χ0v) is 21.3. The largest absolute Gasteiger partial charge is 0.483 e. The molecule has 4 nitrogen and oxygen atoms in total. The maximum absolute atomic E-state index is 13.9. The van der Waals surface area contributed by atoms with Gasteiger partial charge in [-0.25, -0.2) is 0 Å². The van der Waals surface area contributed by atoms with E-state index < -0.39 is 11.7 Å². The molecule has 0 spiro atoms.